The minimum absolute atomic E-state index is 0.00819. The Bertz CT molecular complexity index is 746. The second-order valence-electron chi connectivity index (χ2n) is 6.91. The van der Waals surface area contributed by atoms with Gasteiger partial charge in [-0.1, -0.05) is 25.1 Å². The molecule has 3 rings (SSSR count). The van der Waals surface area contributed by atoms with Crippen LogP contribution in [0, 0.1) is 0 Å². The highest BCUT2D eigenvalue weighted by atomic mass is 16.5. The molecule has 1 aromatic heterocycles. The number of hydrogen-bond acceptors (Lipinski definition) is 4. The van der Waals surface area contributed by atoms with Crippen molar-refractivity contribution in [2.45, 2.75) is 32.5 Å². The fourth-order valence-electron chi connectivity index (χ4n) is 3.21. The molecular formula is C21H31N5O2. The smallest absolute Gasteiger partial charge is 0.194 e. The van der Waals surface area contributed by atoms with Gasteiger partial charge in [-0.2, -0.15) is 5.10 Å². The molecule has 2 atom stereocenters. The van der Waals surface area contributed by atoms with Crippen molar-refractivity contribution in [3.63, 3.8) is 0 Å². The molecule has 7 nitrogen and oxygen atoms in total. The maximum absolute atomic E-state index is 6.08. The summed E-state index contributed by atoms with van der Waals surface area (Å²) in [6.07, 6.45) is 4.84. The van der Waals surface area contributed by atoms with Crippen LogP contribution in [0.25, 0.3) is 0 Å². The first-order valence-corrected chi connectivity index (χ1v) is 10.0. The molecule has 0 saturated carbocycles. The zero-order chi connectivity index (χ0) is 19.8. The molecule has 2 unspecified atom stereocenters. The SMILES string of the molecule is CCNC(=NCC(CC)Oc1ccccc1)N1CCOC(c2cnn(C)c2)C1. The van der Waals surface area contributed by atoms with E-state index >= 15 is 0 Å². The number of aryl methyl sites for hydroxylation is 1. The van der Waals surface area contributed by atoms with E-state index in [9.17, 15) is 0 Å². The Hall–Kier alpha value is -2.54. The minimum Gasteiger partial charge on any atom is -0.489 e. The van der Waals surface area contributed by atoms with Gasteiger partial charge in [-0.05, 0) is 25.5 Å². The Balaban J connectivity index is 1.65. The molecule has 152 valence electrons. The summed E-state index contributed by atoms with van der Waals surface area (Å²) in [5.41, 5.74) is 1.10. The number of ether oxygens (including phenoxy) is 2. The van der Waals surface area contributed by atoms with Gasteiger partial charge in [0.25, 0.3) is 0 Å². The Morgan fingerprint density at radius 2 is 2.18 bits per heavy atom. The van der Waals surface area contributed by atoms with Crippen molar-refractivity contribution in [3.05, 3.63) is 48.3 Å². The minimum atomic E-state index is 0.00819. The molecule has 1 N–H and O–H groups in total. The summed E-state index contributed by atoms with van der Waals surface area (Å²) in [6, 6.07) is 9.94. The van der Waals surface area contributed by atoms with Crippen LogP contribution in [0.1, 0.15) is 31.9 Å². The van der Waals surface area contributed by atoms with E-state index in [1.165, 1.54) is 0 Å². The summed E-state index contributed by atoms with van der Waals surface area (Å²) >= 11 is 0. The van der Waals surface area contributed by atoms with E-state index in [0.717, 1.165) is 43.3 Å². The van der Waals surface area contributed by atoms with Gasteiger partial charge in [0, 0.05) is 31.9 Å². The Morgan fingerprint density at radius 1 is 1.36 bits per heavy atom. The fraction of sp³-hybridized carbons (Fsp3) is 0.524. The van der Waals surface area contributed by atoms with Gasteiger partial charge in [0.2, 0.25) is 0 Å². The van der Waals surface area contributed by atoms with Gasteiger partial charge in [0.05, 0.1) is 25.9 Å². The van der Waals surface area contributed by atoms with E-state index in [0.29, 0.717) is 13.2 Å². The number of hydrogen-bond donors (Lipinski definition) is 1. The van der Waals surface area contributed by atoms with Gasteiger partial charge in [0.1, 0.15) is 18.0 Å². The quantitative estimate of drug-likeness (QED) is 0.586. The summed E-state index contributed by atoms with van der Waals surface area (Å²) in [6.45, 7) is 7.90. The van der Waals surface area contributed by atoms with Crippen molar-refractivity contribution in [1.82, 2.24) is 20.0 Å². The first-order valence-electron chi connectivity index (χ1n) is 10.0. The average Bonchev–Trinajstić information content (AvgIpc) is 3.17. The topological polar surface area (TPSA) is 63.9 Å². The molecule has 7 heteroatoms. The van der Waals surface area contributed by atoms with Gasteiger partial charge in [-0.25, -0.2) is 4.99 Å². The highest BCUT2D eigenvalue weighted by molar-refractivity contribution is 5.80. The molecule has 1 aliphatic rings. The highest BCUT2D eigenvalue weighted by Crippen LogP contribution is 2.21. The number of para-hydroxylation sites is 1. The number of morpholine rings is 1. The molecule has 0 radical (unpaired) electrons. The van der Waals surface area contributed by atoms with Crippen LogP contribution in [0.5, 0.6) is 5.75 Å². The molecule has 0 aliphatic carbocycles. The van der Waals surface area contributed by atoms with Crippen LogP contribution in [0.3, 0.4) is 0 Å². The van der Waals surface area contributed by atoms with Crippen molar-refractivity contribution in [2.75, 3.05) is 32.8 Å². The predicted molar refractivity (Wildman–Crippen MR) is 111 cm³/mol. The first-order chi connectivity index (χ1) is 13.7. The summed E-state index contributed by atoms with van der Waals surface area (Å²) in [7, 11) is 1.92. The van der Waals surface area contributed by atoms with Crippen molar-refractivity contribution in [1.29, 1.82) is 0 Å². The maximum atomic E-state index is 6.08. The number of nitrogens with one attached hydrogen (secondary N) is 1. The van der Waals surface area contributed by atoms with Gasteiger partial charge in [0.15, 0.2) is 5.96 Å². The molecule has 1 fully saturated rings. The molecule has 2 aromatic rings. The number of rotatable bonds is 7. The van der Waals surface area contributed by atoms with Crippen LogP contribution in [0.2, 0.25) is 0 Å². The van der Waals surface area contributed by atoms with Crippen LogP contribution in [0.15, 0.2) is 47.7 Å². The lowest BCUT2D eigenvalue weighted by Crippen LogP contribution is -2.48. The summed E-state index contributed by atoms with van der Waals surface area (Å²) in [4.78, 5) is 7.13. The molecule has 0 amide bonds. The van der Waals surface area contributed by atoms with Gasteiger partial charge >= 0.3 is 0 Å². The Morgan fingerprint density at radius 3 is 2.86 bits per heavy atom. The monoisotopic (exact) mass is 385 g/mol. The molecule has 28 heavy (non-hydrogen) atoms. The molecule has 0 bridgehead atoms. The second kappa shape index (κ2) is 10.1. The van der Waals surface area contributed by atoms with E-state index in [1.807, 2.05) is 54.5 Å². The van der Waals surface area contributed by atoms with E-state index in [-0.39, 0.29) is 12.2 Å². The number of aliphatic imine (C=N–C) groups is 1. The summed E-state index contributed by atoms with van der Waals surface area (Å²) < 4.78 is 13.9. The standard InChI is InChI=1S/C21H31N5O2/c1-4-18(28-19-9-7-6-8-10-19)14-23-21(22-5-2)26-11-12-27-20(16-26)17-13-24-25(3)15-17/h6-10,13,15,18,20H,4-5,11-12,14,16H2,1-3H3,(H,22,23). The molecule has 0 spiro atoms. The van der Waals surface area contributed by atoms with Crippen molar-refractivity contribution in [3.8, 4) is 5.75 Å². The van der Waals surface area contributed by atoms with Crippen LogP contribution in [-0.4, -0.2) is 59.5 Å². The third kappa shape index (κ3) is 5.48. The third-order valence-electron chi connectivity index (χ3n) is 4.74. The van der Waals surface area contributed by atoms with Crippen LogP contribution < -0.4 is 10.1 Å². The molecular weight excluding hydrogens is 354 g/mol. The lowest BCUT2D eigenvalue weighted by Gasteiger charge is -2.35. The van der Waals surface area contributed by atoms with E-state index in [4.69, 9.17) is 14.5 Å². The van der Waals surface area contributed by atoms with E-state index in [2.05, 4.69) is 29.2 Å². The van der Waals surface area contributed by atoms with Crippen molar-refractivity contribution in [2.24, 2.45) is 12.0 Å². The molecule has 1 saturated heterocycles. The molecule has 2 heterocycles. The van der Waals surface area contributed by atoms with Crippen molar-refractivity contribution < 1.29 is 9.47 Å². The van der Waals surface area contributed by atoms with Gasteiger partial charge < -0.3 is 19.7 Å². The van der Waals surface area contributed by atoms with Crippen LogP contribution >= 0.6 is 0 Å². The van der Waals surface area contributed by atoms with Gasteiger partial charge in [-0.3, -0.25) is 4.68 Å². The lowest BCUT2D eigenvalue weighted by atomic mass is 10.1. The summed E-state index contributed by atoms with van der Waals surface area (Å²) in [5, 5.41) is 7.68. The number of guanidine groups is 1. The zero-order valence-electron chi connectivity index (χ0n) is 17.0. The average molecular weight is 386 g/mol. The lowest BCUT2D eigenvalue weighted by molar-refractivity contribution is -0.00809. The molecule has 1 aliphatic heterocycles. The van der Waals surface area contributed by atoms with Crippen LogP contribution in [0.4, 0.5) is 0 Å². The number of aromatic nitrogens is 2. The largest absolute Gasteiger partial charge is 0.489 e. The third-order valence-corrected chi connectivity index (χ3v) is 4.74. The fourth-order valence-corrected chi connectivity index (χ4v) is 3.21. The van der Waals surface area contributed by atoms with E-state index < -0.39 is 0 Å². The zero-order valence-corrected chi connectivity index (χ0v) is 17.0. The highest BCUT2D eigenvalue weighted by Gasteiger charge is 2.25. The predicted octanol–water partition coefficient (Wildman–Crippen LogP) is 2.62. The first kappa shape index (κ1) is 20.2. The summed E-state index contributed by atoms with van der Waals surface area (Å²) in [5.74, 6) is 1.80. The number of nitrogens with zero attached hydrogens (tertiary/aromatic N) is 4. The number of benzene rings is 1. The van der Waals surface area contributed by atoms with E-state index in [1.54, 1.807) is 0 Å². The Labute approximate surface area is 167 Å². The van der Waals surface area contributed by atoms with Crippen LogP contribution in [-0.2, 0) is 11.8 Å². The van der Waals surface area contributed by atoms with Crippen molar-refractivity contribution >= 4 is 5.96 Å². The maximum Gasteiger partial charge on any atom is 0.194 e. The molecule has 1 aromatic carbocycles. The normalized spacial score (nSPS) is 18.8. The second-order valence-corrected chi connectivity index (χ2v) is 6.91. The Kier molecular flexibility index (Phi) is 7.31. The van der Waals surface area contributed by atoms with Gasteiger partial charge in [-0.15, -0.1) is 0 Å².